The van der Waals surface area contributed by atoms with Crippen molar-refractivity contribution in [1.82, 2.24) is 0 Å². The van der Waals surface area contributed by atoms with Crippen LogP contribution in [0.25, 0.3) is 0 Å². The fourth-order valence-electron chi connectivity index (χ4n) is 6.14. The highest BCUT2D eigenvalue weighted by Gasteiger charge is 2.51. The van der Waals surface area contributed by atoms with Crippen LogP contribution >= 0.6 is 7.82 Å². The summed E-state index contributed by atoms with van der Waals surface area (Å²) in [6.45, 7) is 4.04. The molecule has 6 atom stereocenters. The first kappa shape index (κ1) is 53.8. The molecule has 334 valence electrons. The third kappa shape index (κ3) is 27.5. The van der Waals surface area contributed by atoms with Crippen LogP contribution in [0.15, 0.2) is 72.9 Å². The van der Waals surface area contributed by atoms with Gasteiger partial charge in [0.05, 0.1) is 13.2 Å². The Kier molecular flexibility index (Phi) is 33.0. The lowest BCUT2D eigenvalue weighted by molar-refractivity contribution is -0.220. The monoisotopic (exact) mass is 841 g/mol. The molecular weight excluding hydrogens is 763 g/mol. The van der Waals surface area contributed by atoms with Gasteiger partial charge in [0.2, 0.25) is 0 Å². The Hall–Kier alpha value is -2.22. The quantitative estimate of drug-likeness (QED) is 0.0155. The van der Waals surface area contributed by atoms with E-state index in [1.807, 2.05) is 12.2 Å². The van der Waals surface area contributed by atoms with Gasteiger partial charge in [-0.2, -0.15) is 0 Å². The number of hydrogen-bond donors (Lipinski definition) is 6. The van der Waals surface area contributed by atoms with Crippen molar-refractivity contribution in [3.63, 3.8) is 0 Å². The summed E-state index contributed by atoms with van der Waals surface area (Å²) in [7, 11) is -5.04. The van der Waals surface area contributed by atoms with Crippen molar-refractivity contribution in [1.29, 1.82) is 0 Å². The van der Waals surface area contributed by atoms with Crippen LogP contribution in [0, 0.1) is 0 Å². The van der Waals surface area contributed by atoms with E-state index in [4.69, 9.17) is 18.5 Å². The number of carbonyl (C=O) groups is 1. The molecular formula is C45H77O12P. The van der Waals surface area contributed by atoms with Crippen molar-refractivity contribution < 1.29 is 58.3 Å². The van der Waals surface area contributed by atoms with Crippen molar-refractivity contribution in [2.45, 2.75) is 185 Å². The largest absolute Gasteiger partial charge is 0.472 e. The second-order valence-corrected chi connectivity index (χ2v) is 16.2. The molecule has 58 heavy (non-hydrogen) atoms. The van der Waals surface area contributed by atoms with E-state index in [1.54, 1.807) is 0 Å². The Balaban J connectivity index is 2.49. The van der Waals surface area contributed by atoms with Crippen molar-refractivity contribution in [2.24, 2.45) is 0 Å². The summed E-state index contributed by atoms with van der Waals surface area (Å²) in [4.78, 5) is 23.1. The lowest BCUT2D eigenvalue weighted by Crippen LogP contribution is -2.64. The number of esters is 1. The zero-order chi connectivity index (χ0) is 42.7. The number of aliphatic hydroxyl groups excluding tert-OH is 5. The van der Waals surface area contributed by atoms with E-state index in [9.17, 15) is 39.8 Å². The van der Waals surface area contributed by atoms with Crippen LogP contribution in [0.4, 0.5) is 0 Å². The predicted molar refractivity (Wildman–Crippen MR) is 230 cm³/mol. The molecule has 6 N–H and O–H groups in total. The Morgan fingerprint density at radius 2 is 0.983 bits per heavy atom. The van der Waals surface area contributed by atoms with E-state index in [0.29, 0.717) is 13.0 Å². The molecule has 1 fully saturated rings. The molecule has 0 radical (unpaired) electrons. The normalized spacial score (nSPS) is 23.4. The Morgan fingerprint density at radius 3 is 1.45 bits per heavy atom. The summed E-state index contributed by atoms with van der Waals surface area (Å²) >= 11 is 0. The second-order valence-electron chi connectivity index (χ2n) is 14.8. The van der Waals surface area contributed by atoms with Crippen LogP contribution in [0.3, 0.4) is 0 Å². The number of hydrogen-bond acceptors (Lipinski definition) is 11. The van der Waals surface area contributed by atoms with Gasteiger partial charge >= 0.3 is 13.8 Å². The van der Waals surface area contributed by atoms with Gasteiger partial charge < -0.3 is 39.9 Å². The molecule has 12 nitrogen and oxygen atoms in total. The number of aliphatic hydroxyl groups is 5. The zero-order valence-electron chi connectivity index (χ0n) is 35.3. The van der Waals surface area contributed by atoms with E-state index in [0.717, 1.165) is 57.8 Å². The molecule has 0 bridgehead atoms. The molecule has 13 heteroatoms. The Labute approximate surface area is 349 Å². The van der Waals surface area contributed by atoms with E-state index in [2.05, 4.69) is 74.6 Å². The maximum Gasteiger partial charge on any atom is 0.472 e. The fourth-order valence-corrected chi connectivity index (χ4v) is 7.12. The topological polar surface area (TPSA) is 192 Å². The van der Waals surface area contributed by atoms with Crippen LogP contribution < -0.4 is 0 Å². The molecule has 0 spiro atoms. The first-order chi connectivity index (χ1) is 28.0. The molecule has 0 heterocycles. The minimum atomic E-state index is -5.04. The van der Waals surface area contributed by atoms with Crippen molar-refractivity contribution in [3.8, 4) is 0 Å². The SMILES string of the molecule is CC/C=C\C/C=C\C/C=C\C/C=C\C/C=C\C/C=C\CCC(=O)OC(COCCCCCCCCCCCCCC)COP(=O)(O)OC1C(O)C(O)C(O)C(O)C1O. The third-order valence-corrected chi connectivity index (χ3v) is 10.6. The molecule has 0 aromatic heterocycles. The predicted octanol–water partition coefficient (Wildman–Crippen LogP) is 8.41. The van der Waals surface area contributed by atoms with Gasteiger partial charge in [0, 0.05) is 13.0 Å². The molecule has 0 saturated heterocycles. The van der Waals surface area contributed by atoms with Crippen molar-refractivity contribution in [3.05, 3.63) is 72.9 Å². The minimum Gasteiger partial charge on any atom is -0.457 e. The summed E-state index contributed by atoms with van der Waals surface area (Å²) in [5.74, 6) is -0.561. The first-order valence-corrected chi connectivity index (χ1v) is 23.3. The maximum atomic E-state index is 12.8. The number of unbranched alkanes of at least 4 members (excludes halogenated alkanes) is 11. The highest BCUT2D eigenvalue weighted by atomic mass is 31.2. The van der Waals surface area contributed by atoms with Gasteiger partial charge in [0.25, 0.3) is 0 Å². The molecule has 1 saturated carbocycles. The van der Waals surface area contributed by atoms with Crippen LogP contribution in [0.2, 0.25) is 0 Å². The number of allylic oxidation sites excluding steroid dienone is 12. The number of rotatable bonds is 35. The van der Waals surface area contributed by atoms with Crippen molar-refractivity contribution in [2.75, 3.05) is 19.8 Å². The van der Waals surface area contributed by atoms with Gasteiger partial charge in [-0.15, -0.1) is 0 Å². The average Bonchev–Trinajstić information content (AvgIpc) is 3.21. The molecule has 6 unspecified atom stereocenters. The molecule has 0 aromatic carbocycles. The molecule has 0 amide bonds. The summed E-state index contributed by atoms with van der Waals surface area (Å²) in [6, 6.07) is 0. The molecule has 1 aliphatic carbocycles. The standard InChI is InChI=1S/C45H77O12P/c1-3-5-7-9-11-13-15-17-18-19-20-21-22-23-24-26-28-30-32-34-39(46)56-38(36-54-35-33-31-29-27-25-16-14-12-10-8-6-4-2)37-55-58(52,53)57-45-43(50)41(48)40(47)42(49)44(45)51/h5,7,11,13,17-18,20-21,23-24,28,30,38,40-45,47-51H,3-4,6,8-10,12,14-16,19,22,25-27,29,31-37H2,1-2H3,(H,52,53)/b7-5-,13-11-,18-17-,21-20-,24-23-,30-28-. The molecule has 1 rings (SSSR count). The lowest BCUT2D eigenvalue weighted by atomic mass is 9.85. The number of phosphoric ester groups is 1. The minimum absolute atomic E-state index is 0.0588. The van der Waals surface area contributed by atoms with Gasteiger partial charge in [-0.25, -0.2) is 4.57 Å². The van der Waals surface area contributed by atoms with E-state index < -0.39 is 63.1 Å². The van der Waals surface area contributed by atoms with Gasteiger partial charge in [-0.05, 0) is 51.4 Å². The summed E-state index contributed by atoms with van der Waals surface area (Å²) in [6.07, 6.45) is 32.7. The number of ether oxygens (including phenoxy) is 2. The molecule has 1 aliphatic rings. The molecule has 0 aromatic rings. The van der Waals surface area contributed by atoms with Gasteiger partial charge in [0.15, 0.2) is 0 Å². The Bertz CT molecular complexity index is 1230. The third-order valence-electron chi connectivity index (χ3n) is 9.61. The van der Waals surface area contributed by atoms with Crippen LogP contribution in [0.1, 0.15) is 142 Å². The maximum absolute atomic E-state index is 12.8. The number of phosphoric acid groups is 1. The highest BCUT2D eigenvalue weighted by molar-refractivity contribution is 7.47. The van der Waals surface area contributed by atoms with Crippen LogP contribution in [-0.2, 0) is 27.9 Å². The Morgan fingerprint density at radius 1 is 0.569 bits per heavy atom. The first-order valence-electron chi connectivity index (χ1n) is 21.8. The smallest absolute Gasteiger partial charge is 0.457 e. The van der Waals surface area contributed by atoms with Gasteiger partial charge in [0.1, 0.15) is 42.7 Å². The lowest BCUT2D eigenvalue weighted by Gasteiger charge is -2.41. The fraction of sp³-hybridized carbons (Fsp3) is 0.711. The van der Waals surface area contributed by atoms with E-state index in [1.165, 1.54) is 57.8 Å². The summed E-state index contributed by atoms with van der Waals surface area (Å²) < 4.78 is 34.0. The van der Waals surface area contributed by atoms with Crippen LogP contribution in [0.5, 0.6) is 0 Å². The summed E-state index contributed by atoms with van der Waals surface area (Å²) in [5, 5.41) is 50.1. The summed E-state index contributed by atoms with van der Waals surface area (Å²) in [5.41, 5.74) is 0. The molecule has 0 aliphatic heterocycles. The second kappa shape index (κ2) is 35.5. The van der Waals surface area contributed by atoms with Gasteiger partial charge in [-0.1, -0.05) is 157 Å². The van der Waals surface area contributed by atoms with Gasteiger partial charge in [-0.3, -0.25) is 13.8 Å². The van der Waals surface area contributed by atoms with E-state index in [-0.39, 0.29) is 13.0 Å². The highest BCUT2D eigenvalue weighted by Crippen LogP contribution is 2.47. The number of carbonyl (C=O) groups excluding carboxylic acids is 1. The van der Waals surface area contributed by atoms with E-state index >= 15 is 0 Å². The average molecular weight is 841 g/mol. The zero-order valence-corrected chi connectivity index (χ0v) is 36.2. The van der Waals surface area contributed by atoms with Crippen molar-refractivity contribution >= 4 is 13.8 Å². The van der Waals surface area contributed by atoms with Crippen LogP contribution in [-0.4, -0.2) is 98.9 Å².